The van der Waals surface area contributed by atoms with E-state index >= 15 is 0 Å². The number of rotatable bonds is 8. The van der Waals surface area contributed by atoms with Crippen LogP contribution in [0.2, 0.25) is 0 Å². The van der Waals surface area contributed by atoms with E-state index < -0.39 is 0 Å². The Morgan fingerprint density at radius 2 is 2.42 bits per heavy atom. The lowest BCUT2D eigenvalue weighted by atomic mass is 10.3. The van der Waals surface area contributed by atoms with Crippen molar-refractivity contribution in [1.29, 1.82) is 0 Å². The van der Waals surface area contributed by atoms with E-state index in [4.69, 9.17) is 4.74 Å². The van der Waals surface area contributed by atoms with Gasteiger partial charge in [-0.1, -0.05) is 0 Å². The molecule has 6 nitrogen and oxygen atoms in total. The third-order valence-electron chi connectivity index (χ3n) is 3.26. The molecule has 2 rings (SSSR count). The average molecular weight is 266 g/mol. The third kappa shape index (κ3) is 4.04. The predicted molar refractivity (Wildman–Crippen MR) is 71.7 cm³/mol. The minimum Gasteiger partial charge on any atom is -0.383 e. The van der Waals surface area contributed by atoms with Crippen molar-refractivity contribution in [2.45, 2.75) is 38.4 Å². The highest BCUT2D eigenvalue weighted by Crippen LogP contribution is 2.20. The van der Waals surface area contributed by atoms with E-state index in [-0.39, 0.29) is 11.9 Å². The lowest BCUT2D eigenvalue weighted by Crippen LogP contribution is -2.33. The molecule has 0 aliphatic heterocycles. The van der Waals surface area contributed by atoms with Crippen molar-refractivity contribution in [1.82, 2.24) is 20.2 Å². The highest BCUT2D eigenvalue weighted by atomic mass is 16.5. The quantitative estimate of drug-likeness (QED) is 0.671. The van der Waals surface area contributed by atoms with Gasteiger partial charge in [-0.3, -0.25) is 4.79 Å². The van der Waals surface area contributed by atoms with Gasteiger partial charge in [0.1, 0.15) is 6.04 Å². The molecular weight excluding hydrogens is 244 g/mol. The maximum absolute atomic E-state index is 12.0. The van der Waals surface area contributed by atoms with Crippen LogP contribution in [0.4, 0.5) is 0 Å². The maximum Gasteiger partial charge on any atom is 0.243 e. The summed E-state index contributed by atoms with van der Waals surface area (Å²) in [6, 6.07) is 0.170. The molecule has 0 aromatic carbocycles. The Balaban J connectivity index is 1.87. The molecule has 6 heteroatoms. The fourth-order valence-electron chi connectivity index (χ4n) is 1.88. The van der Waals surface area contributed by atoms with Crippen LogP contribution in [-0.4, -0.2) is 41.8 Å². The van der Waals surface area contributed by atoms with Crippen LogP contribution >= 0.6 is 0 Å². The second kappa shape index (κ2) is 6.68. The molecule has 1 heterocycles. The molecule has 19 heavy (non-hydrogen) atoms. The summed E-state index contributed by atoms with van der Waals surface area (Å²) in [6.45, 7) is 4.04. The smallest absolute Gasteiger partial charge is 0.243 e. The zero-order valence-corrected chi connectivity index (χ0v) is 11.6. The minimum absolute atomic E-state index is 0.0682. The zero-order chi connectivity index (χ0) is 13.7. The minimum atomic E-state index is -0.220. The van der Waals surface area contributed by atoms with E-state index in [1.807, 2.05) is 11.5 Å². The molecule has 1 fully saturated rings. The molecule has 1 atom stereocenters. The normalized spacial score (nSPS) is 16.3. The fraction of sp³-hybridized carbons (Fsp3) is 0.692. The first-order valence-corrected chi connectivity index (χ1v) is 6.73. The standard InChI is InChI=1S/C13H22N4O2/c1-10(13(18)16-11-3-4-11)17-9-15-8-12(17)7-14-5-6-19-2/h8-11,14H,3-7H2,1-2H3,(H,16,18). The van der Waals surface area contributed by atoms with Gasteiger partial charge in [0.05, 0.1) is 18.6 Å². The van der Waals surface area contributed by atoms with Crippen molar-refractivity contribution >= 4 is 5.91 Å². The van der Waals surface area contributed by atoms with Crippen LogP contribution in [0.15, 0.2) is 12.5 Å². The van der Waals surface area contributed by atoms with Crippen molar-refractivity contribution in [3.63, 3.8) is 0 Å². The molecular formula is C13H22N4O2. The van der Waals surface area contributed by atoms with E-state index in [9.17, 15) is 4.79 Å². The maximum atomic E-state index is 12.0. The highest BCUT2D eigenvalue weighted by molar-refractivity contribution is 5.80. The number of imidazole rings is 1. The number of ether oxygens (including phenoxy) is 1. The molecule has 0 radical (unpaired) electrons. The molecule has 0 saturated heterocycles. The molecule has 1 aliphatic carbocycles. The van der Waals surface area contributed by atoms with E-state index in [2.05, 4.69) is 15.6 Å². The summed E-state index contributed by atoms with van der Waals surface area (Å²) in [5.74, 6) is 0.0682. The van der Waals surface area contributed by atoms with E-state index in [0.717, 1.165) is 25.1 Å². The Hall–Kier alpha value is -1.40. The van der Waals surface area contributed by atoms with E-state index in [1.54, 1.807) is 19.6 Å². The van der Waals surface area contributed by atoms with E-state index in [1.165, 1.54) is 0 Å². The molecule has 1 unspecified atom stereocenters. The SMILES string of the molecule is COCCNCc1cncn1C(C)C(=O)NC1CC1. The predicted octanol–water partition coefficient (Wildman–Crippen LogP) is 0.459. The van der Waals surface area contributed by atoms with Crippen LogP contribution in [0, 0.1) is 0 Å². The van der Waals surface area contributed by atoms with E-state index in [0.29, 0.717) is 19.2 Å². The number of amides is 1. The second-order valence-electron chi connectivity index (χ2n) is 4.92. The number of methoxy groups -OCH3 is 1. The van der Waals surface area contributed by atoms with Gasteiger partial charge in [0.15, 0.2) is 0 Å². The molecule has 1 aromatic rings. The molecule has 1 aliphatic rings. The topological polar surface area (TPSA) is 68.2 Å². The Labute approximate surface area is 113 Å². The van der Waals surface area contributed by atoms with Gasteiger partial charge in [0.2, 0.25) is 5.91 Å². The molecule has 1 saturated carbocycles. The number of carbonyl (C=O) groups is 1. The van der Waals surface area contributed by atoms with Crippen molar-refractivity contribution in [3.8, 4) is 0 Å². The van der Waals surface area contributed by atoms with Crippen molar-refractivity contribution < 1.29 is 9.53 Å². The molecule has 1 amide bonds. The molecule has 0 spiro atoms. The summed E-state index contributed by atoms with van der Waals surface area (Å²) in [5.41, 5.74) is 1.01. The molecule has 2 N–H and O–H groups in total. The Morgan fingerprint density at radius 1 is 1.63 bits per heavy atom. The van der Waals surface area contributed by atoms with Crippen LogP contribution in [0.25, 0.3) is 0 Å². The van der Waals surface area contributed by atoms with Gasteiger partial charge in [-0.05, 0) is 19.8 Å². The van der Waals surface area contributed by atoms with Gasteiger partial charge in [0, 0.05) is 32.4 Å². The number of nitrogens with one attached hydrogen (secondary N) is 2. The summed E-state index contributed by atoms with van der Waals surface area (Å²) in [4.78, 5) is 16.2. The van der Waals surface area contributed by atoms with Crippen LogP contribution in [0.5, 0.6) is 0 Å². The van der Waals surface area contributed by atoms with Gasteiger partial charge in [-0.2, -0.15) is 0 Å². The van der Waals surface area contributed by atoms with Gasteiger partial charge < -0.3 is 19.9 Å². The summed E-state index contributed by atoms with van der Waals surface area (Å²) < 4.78 is 6.89. The van der Waals surface area contributed by atoms with Crippen molar-refractivity contribution in [3.05, 3.63) is 18.2 Å². The first-order valence-electron chi connectivity index (χ1n) is 6.73. The Morgan fingerprint density at radius 3 is 3.11 bits per heavy atom. The number of carbonyl (C=O) groups excluding carboxylic acids is 1. The van der Waals surface area contributed by atoms with Gasteiger partial charge in [0.25, 0.3) is 0 Å². The van der Waals surface area contributed by atoms with Crippen LogP contribution in [-0.2, 0) is 16.1 Å². The average Bonchev–Trinajstić information content (AvgIpc) is 3.09. The zero-order valence-electron chi connectivity index (χ0n) is 11.6. The van der Waals surface area contributed by atoms with Crippen molar-refractivity contribution in [2.24, 2.45) is 0 Å². The van der Waals surface area contributed by atoms with Gasteiger partial charge >= 0.3 is 0 Å². The summed E-state index contributed by atoms with van der Waals surface area (Å²) in [6.07, 6.45) is 5.72. The first-order chi connectivity index (χ1) is 9.22. The number of hydrogen-bond donors (Lipinski definition) is 2. The summed E-state index contributed by atoms with van der Waals surface area (Å²) >= 11 is 0. The summed E-state index contributed by atoms with van der Waals surface area (Å²) in [7, 11) is 1.68. The van der Waals surface area contributed by atoms with Crippen LogP contribution < -0.4 is 10.6 Å². The number of nitrogens with zero attached hydrogens (tertiary/aromatic N) is 2. The van der Waals surface area contributed by atoms with Crippen LogP contribution in [0.1, 0.15) is 31.5 Å². The third-order valence-corrected chi connectivity index (χ3v) is 3.26. The van der Waals surface area contributed by atoms with Crippen molar-refractivity contribution in [2.75, 3.05) is 20.3 Å². The van der Waals surface area contributed by atoms with Gasteiger partial charge in [-0.15, -0.1) is 0 Å². The lowest BCUT2D eigenvalue weighted by molar-refractivity contribution is -0.124. The van der Waals surface area contributed by atoms with Gasteiger partial charge in [-0.25, -0.2) is 4.98 Å². The fourth-order valence-corrected chi connectivity index (χ4v) is 1.88. The molecule has 0 bridgehead atoms. The Bertz CT molecular complexity index is 415. The lowest BCUT2D eigenvalue weighted by Gasteiger charge is -2.16. The highest BCUT2D eigenvalue weighted by Gasteiger charge is 2.26. The molecule has 106 valence electrons. The number of aromatic nitrogens is 2. The first kappa shape index (κ1) is 14.0. The number of hydrogen-bond acceptors (Lipinski definition) is 4. The largest absolute Gasteiger partial charge is 0.383 e. The Kier molecular flexibility index (Phi) is 4.93. The monoisotopic (exact) mass is 266 g/mol. The summed E-state index contributed by atoms with van der Waals surface area (Å²) in [5, 5.41) is 6.28. The molecule has 1 aromatic heterocycles. The second-order valence-corrected chi connectivity index (χ2v) is 4.92. The van der Waals surface area contributed by atoms with Crippen LogP contribution in [0.3, 0.4) is 0 Å².